The molecule has 1 atom stereocenters. The fourth-order valence-electron chi connectivity index (χ4n) is 1.44. The lowest BCUT2D eigenvalue weighted by Gasteiger charge is -2.20. The van der Waals surface area contributed by atoms with Gasteiger partial charge >= 0.3 is 0 Å². The first kappa shape index (κ1) is 14.5. The molecule has 0 saturated carbocycles. The molecular weight excluding hydrogens is 262 g/mol. The number of hydrogen-bond acceptors (Lipinski definition) is 3. The number of hydrogen-bond donors (Lipinski definition) is 2. The summed E-state index contributed by atoms with van der Waals surface area (Å²) in [6.07, 6.45) is 1.92. The summed E-state index contributed by atoms with van der Waals surface area (Å²) in [6.45, 7) is 5.62. The maximum atomic E-state index is 12.0. The fraction of sp³-hybridized carbons (Fsp3) is 0.700. The van der Waals surface area contributed by atoms with Gasteiger partial charge in [0.25, 0.3) is 10.0 Å². The average Bonchev–Trinajstić information content (AvgIpc) is 2.64. The van der Waals surface area contributed by atoms with Gasteiger partial charge in [0.05, 0.1) is 6.20 Å². The number of aromatic amines is 1. The van der Waals surface area contributed by atoms with Crippen LogP contribution < -0.4 is 4.72 Å². The highest BCUT2D eigenvalue weighted by molar-refractivity contribution is 7.89. The molecule has 0 aliphatic carbocycles. The number of alkyl halides is 1. The lowest BCUT2D eigenvalue weighted by molar-refractivity contribution is 0.438. The largest absolute Gasteiger partial charge is 0.332 e. The molecule has 0 aliphatic rings. The van der Waals surface area contributed by atoms with Crippen molar-refractivity contribution in [1.82, 2.24) is 14.7 Å². The van der Waals surface area contributed by atoms with Gasteiger partial charge in [0.15, 0.2) is 5.03 Å². The van der Waals surface area contributed by atoms with Gasteiger partial charge in [-0.1, -0.05) is 13.8 Å². The predicted octanol–water partition coefficient (Wildman–Crippen LogP) is 1.65. The Balaban J connectivity index is 2.84. The summed E-state index contributed by atoms with van der Waals surface area (Å²) in [5, 5.41) is 0.0928. The highest BCUT2D eigenvalue weighted by Gasteiger charge is 2.23. The molecule has 1 aromatic rings. The Kier molecular flexibility index (Phi) is 4.97. The van der Waals surface area contributed by atoms with E-state index in [0.717, 1.165) is 0 Å². The third-order valence-corrected chi connectivity index (χ3v) is 4.12. The monoisotopic (exact) mass is 279 g/mol. The zero-order valence-corrected chi connectivity index (χ0v) is 11.8. The summed E-state index contributed by atoms with van der Waals surface area (Å²) in [4.78, 5) is 6.59. The topological polar surface area (TPSA) is 74.8 Å². The third-order valence-electron chi connectivity index (χ3n) is 2.50. The maximum Gasteiger partial charge on any atom is 0.257 e. The van der Waals surface area contributed by atoms with Crippen molar-refractivity contribution in [3.05, 3.63) is 12.0 Å². The van der Waals surface area contributed by atoms with E-state index in [0.29, 0.717) is 18.1 Å². The molecule has 0 fully saturated rings. The van der Waals surface area contributed by atoms with Crippen LogP contribution in [0.25, 0.3) is 0 Å². The molecule has 7 heteroatoms. The molecule has 2 N–H and O–H groups in total. The minimum absolute atomic E-state index is 0.0928. The van der Waals surface area contributed by atoms with Crippen molar-refractivity contribution >= 4 is 21.6 Å². The summed E-state index contributed by atoms with van der Waals surface area (Å²) in [5.74, 6) is 1.18. The molecule has 1 heterocycles. The fourth-order valence-corrected chi connectivity index (χ4v) is 3.07. The van der Waals surface area contributed by atoms with E-state index in [9.17, 15) is 8.42 Å². The number of H-pyrrole nitrogens is 1. The molecule has 98 valence electrons. The zero-order chi connectivity index (χ0) is 13.1. The molecule has 17 heavy (non-hydrogen) atoms. The maximum absolute atomic E-state index is 12.0. The van der Waals surface area contributed by atoms with Crippen LogP contribution in [0.1, 0.15) is 26.1 Å². The Labute approximate surface area is 107 Å². The second-order valence-corrected chi connectivity index (χ2v) is 6.34. The van der Waals surface area contributed by atoms with E-state index in [4.69, 9.17) is 11.6 Å². The normalized spacial score (nSPS) is 14.2. The smallest absolute Gasteiger partial charge is 0.257 e. The van der Waals surface area contributed by atoms with Gasteiger partial charge in [0, 0.05) is 11.9 Å². The molecule has 1 rings (SSSR count). The van der Waals surface area contributed by atoms with E-state index in [2.05, 4.69) is 14.7 Å². The standard InChI is InChI=1S/C10H18ClN3O2S/c1-7(2)9(4-5-11)14-17(15,16)10-6-12-8(3)13-10/h6-7,9,14H,4-5H2,1-3H3,(H,12,13). The molecule has 0 amide bonds. The van der Waals surface area contributed by atoms with Gasteiger partial charge < -0.3 is 4.98 Å². The summed E-state index contributed by atoms with van der Waals surface area (Å²) in [5.41, 5.74) is 0. The van der Waals surface area contributed by atoms with Gasteiger partial charge in [-0.2, -0.15) is 0 Å². The molecule has 5 nitrogen and oxygen atoms in total. The van der Waals surface area contributed by atoms with Crippen LogP contribution in [0.3, 0.4) is 0 Å². The number of halogens is 1. The van der Waals surface area contributed by atoms with Crippen LogP contribution in [0, 0.1) is 12.8 Å². The Morgan fingerprint density at radius 1 is 1.53 bits per heavy atom. The number of nitrogens with one attached hydrogen (secondary N) is 2. The average molecular weight is 280 g/mol. The van der Waals surface area contributed by atoms with Crippen molar-refractivity contribution < 1.29 is 8.42 Å². The summed E-state index contributed by atoms with van der Waals surface area (Å²) >= 11 is 5.66. The van der Waals surface area contributed by atoms with E-state index < -0.39 is 10.0 Å². The van der Waals surface area contributed by atoms with Crippen molar-refractivity contribution in [2.24, 2.45) is 5.92 Å². The van der Waals surface area contributed by atoms with Crippen molar-refractivity contribution in [2.75, 3.05) is 5.88 Å². The molecule has 1 aromatic heterocycles. The minimum atomic E-state index is -3.53. The summed E-state index contributed by atoms with van der Waals surface area (Å²) in [7, 11) is -3.53. The lowest BCUT2D eigenvalue weighted by Crippen LogP contribution is -2.38. The van der Waals surface area contributed by atoms with E-state index >= 15 is 0 Å². The van der Waals surface area contributed by atoms with Gasteiger partial charge in [-0.05, 0) is 19.3 Å². The predicted molar refractivity (Wildman–Crippen MR) is 67.6 cm³/mol. The summed E-state index contributed by atoms with van der Waals surface area (Å²) in [6, 6.07) is -0.166. The van der Waals surface area contributed by atoms with Crippen LogP contribution in [-0.2, 0) is 10.0 Å². The van der Waals surface area contributed by atoms with Crippen LogP contribution >= 0.6 is 11.6 Å². The van der Waals surface area contributed by atoms with Crippen molar-refractivity contribution in [3.8, 4) is 0 Å². The number of rotatable bonds is 6. The molecule has 1 unspecified atom stereocenters. The van der Waals surface area contributed by atoms with Crippen molar-refractivity contribution in [3.63, 3.8) is 0 Å². The molecule has 0 aliphatic heterocycles. The van der Waals surface area contributed by atoms with Crippen LogP contribution in [0.4, 0.5) is 0 Å². The zero-order valence-electron chi connectivity index (χ0n) is 10.2. The van der Waals surface area contributed by atoms with Crippen molar-refractivity contribution in [2.45, 2.75) is 38.3 Å². The second-order valence-electron chi connectivity index (χ2n) is 4.28. The van der Waals surface area contributed by atoms with Gasteiger partial charge in [-0.3, -0.25) is 0 Å². The van der Waals surface area contributed by atoms with Crippen LogP contribution in [-0.4, -0.2) is 30.3 Å². The Hall–Kier alpha value is -0.590. The minimum Gasteiger partial charge on any atom is -0.332 e. The molecule has 0 bridgehead atoms. The quantitative estimate of drug-likeness (QED) is 0.778. The van der Waals surface area contributed by atoms with Crippen LogP contribution in [0.2, 0.25) is 0 Å². The highest BCUT2D eigenvalue weighted by atomic mass is 35.5. The Bertz CT molecular complexity index is 456. The number of aryl methyl sites for hydroxylation is 1. The molecule has 0 radical (unpaired) electrons. The van der Waals surface area contributed by atoms with E-state index in [-0.39, 0.29) is 17.0 Å². The first-order valence-electron chi connectivity index (χ1n) is 5.46. The first-order chi connectivity index (χ1) is 7.86. The van der Waals surface area contributed by atoms with Crippen LogP contribution in [0.5, 0.6) is 0 Å². The highest BCUT2D eigenvalue weighted by Crippen LogP contribution is 2.12. The third kappa shape index (κ3) is 3.97. The van der Waals surface area contributed by atoms with E-state index in [1.807, 2.05) is 13.8 Å². The van der Waals surface area contributed by atoms with E-state index in [1.54, 1.807) is 6.92 Å². The Morgan fingerprint density at radius 3 is 2.59 bits per heavy atom. The molecule has 0 spiro atoms. The second kappa shape index (κ2) is 5.84. The number of aromatic nitrogens is 2. The van der Waals surface area contributed by atoms with Gasteiger partial charge in [0.1, 0.15) is 5.82 Å². The van der Waals surface area contributed by atoms with Gasteiger partial charge in [0.2, 0.25) is 0 Å². The molecular formula is C10H18ClN3O2S. The molecule has 0 aromatic carbocycles. The van der Waals surface area contributed by atoms with Gasteiger partial charge in [-0.25, -0.2) is 18.1 Å². The van der Waals surface area contributed by atoms with E-state index in [1.165, 1.54) is 6.20 Å². The number of nitrogens with zero attached hydrogens (tertiary/aromatic N) is 1. The van der Waals surface area contributed by atoms with Gasteiger partial charge in [-0.15, -0.1) is 11.6 Å². The Morgan fingerprint density at radius 2 is 2.18 bits per heavy atom. The van der Waals surface area contributed by atoms with Crippen LogP contribution in [0.15, 0.2) is 11.2 Å². The SMILES string of the molecule is Cc1ncc(S(=O)(=O)NC(CCCl)C(C)C)[nH]1. The summed E-state index contributed by atoms with van der Waals surface area (Å²) < 4.78 is 26.7. The number of imidazole rings is 1. The first-order valence-corrected chi connectivity index (χ1v) is 7.48. The number of sulfonamides is 1. The van der Waals surface area contributed by atoms with Crippen molar-refractivity contribution in [1.29, 1.82) is 0 Å². The molecule has 0 saturated heterocycles. The lowest BCUT2D eigenvalue weighted by atomic mass is 10.0.